The molecular weight excluding hydrogens is 234 g/mol. The van der Waals surface area contributed by atoms with Gasteiger partial charge in [0.25, 0.3) is 0 Å². The van der Waals surface area contributed by atoms with E-state index in [-0.39, 0.29) is 6.61 Å². The number of aliphatic hydroxyl groups excluding tert-OH is 1. The fraction of sp³-hybridized carbons (Fsp3) is 0.538. The second-order valence-electron chi connectivity index (χ2n) is 3.98. The lowest BCUT2D eigenvalue weighted by atomic mass is 10.1. The van der Waals surface area contributed by atoms with Gasteiger partial charge in [0.1, 0.15) is 5.75 Å². The van der Waals surface area contributed by atoms with Gasteiger partial charge in [0, 0.05) is 29.7 Å². The minimum Gasteiger partial charge on any atom is -0.496 e. The summed E-state index contributed by atoms with van der Waals surface area (Å²) in [7, 11) is 1.68. The minimum absolute atomic E-state index is 0.244. The van der Waals surface area contributed by atoms with Crippen LogP contribution in [0.4, 0.5) is 0 Å². The highest BCUT2D eigenvalue weighted by Crippen LogP contribution is 2.27. The summed E-state index contributed by atoms with van der Waals surface area (Å²) in [5.41, 5.74) is 7.93. The third-order valence-electron chi connectivity index (χ3n) is 2.64. The third kappa shape index (κ3) is 4.58. The standard InChI is InChI=1S/C13H21NO2S/c1-10(5-6-15)17-9-12-7-11(8-14)3-4-13(12)16-2/h3-4,7,10,15H,5-6,8-9,14H2,1-2H3. The molecule has 0 aliphatic rings. The summed E-state index contributed by atoms with van der Waals surface area (Å²) in [5, 5.41) is 9.31. The molecule has 3 nitrogen and oxygen atoms in total. The molecule has 0 aromatic heterocycles. The van der Waals surface area contributed by atoms with Gasteiger partial charge in [-0.1, -0.05) is 13.0 Å². The SMILES string of the molecule is COc1ccc(CN)cc1CSC(C)CCO. The zero-order valence-electron chi connectivity index (χ0n) is 10.5. The van der Waals surface area contributed by atoms with E-state index in [1.165, 1.54) is 5.56 Å². The van der Waals surface area contributed by atoms with Gasteiger partial charge < -0.3 is 15.6 Å². The van der Waals surface area contributed by atoms with Crippen LogP contribution in [0, 0.1) is 0 Å². The Balaban J connectivity index is 2.67. The number of benzene rings is 1. The molecule has 17 heavy (non-hydrogen) atoms. The van der Waals surface area contributed by atoms with Crippen molar-refractivity contribution in [1.82, 2.24) is 0 Å². The van der Waals surface area contributed by atoms with E-state index in [0.29, 0.717) is 11.8 Å². The molecule has 1 aromatic carbocycles. The number of ether oxygens (including phenoxy) is 1. The Hall–Kier alpha value is -0.710. The van der Waals surface area contributed by atoms with Crippen LogP contribution in [0.2, 0.25) is 0 Å². The highest BCUT2D eigenvalue weighted by molar-refractivity contribution is 7.99. The Bertz CT molecular complexity index is 344. The summed E-state index contributed by atoms with van der Waals surface area (Å²) < 4.78 is 5.33. The first-order valence-corrected chi connectivity index (χ1v) is 6.84. The number of thioether (sulfide) groups is 1. The Morgan fingerprint density at radius 3 is 2.82 bits per heavy atom. The molecule has 0 heterocycles. The van der Waals surface area contributed by atoms with E-state index in [4.69, 9.17) is 15.6 Å². The number of hydrogen-bond acceptors (Lipinski definition) is 4. The first-order valence-electron chi connectivity index (χ1n) is 5.79. The van der Waals surface area contributed by atoms with Gasteiger partial charge in [0.05, 0.1) is 7.11 Å². The molecule has 0 saturated carbocycles. The van der Waals surface area contributed by atoms with Crippen molar-refractivity contribution < 1.29 is 9.84 Å². The summed E-state index contributed by atoms with van der Waals surface area (Å²) in [4.78, 5) is 0. The Morgan fingerprint density at radius 2 is 2.24 bits per heavy atom. The summed E-state index contributed by atoms with van der Waals surface area (Å²) in [6, 6.07) is 6.05. The predicted octanol–water partition coefficient (Wildman–Crippen LogP) is 2.16. The van der Waals surface area contributed by atoms with Crippen LogP contribution in [-0.4, -0.2) is 24.1 Å². The zero-order chi connectivity index (χ0) is 12.7. The van der Waals surface area contributed by atoms with Gasteiger partial charge in [0.2, 0.25) is 0 Å². The topological polar surface area (TPSA) is 55.5 Å². The molecule has 96 valence electrons. The van der Waals surface area contributed by atoms with Crippen molar-refractivity contribution in [2.45, 2.75) is 30.9 Å². The number of methoxy groups -OCH3 is 1. The number of hydrogen-bond donors (Lipinski definition) is 2. The van der Waals surface area contributed by atoms with E-state index in [9.17, 15) is 0 Å². The van der Waals surface area contributed by atoms with Crippen LogP contribution in [0.3, 0.4) is 0 Å². The van der Waals surface area contributed by atoms with Gasteiger partial charge in [-0.25, -0.2) is 0 Å². The Kier molecular flexibility index (Phi) is 6.40. The Labute approximate surface area is 107 Å². The maximum absolute atomic E-state index is 8.86. The van der Waals surface area contributed by atoms with Crippen LogP contribution in [0.25, 0.3) is 0 Å². The van der Waals surface area contributed by atoms with Crippen LogP contribution in [0.15, 0.2) is 18.2 Å². The molecule has 0 aliphatic heterocycles. The molecule has 0 radical (unpaired) electrons. The third-order valence-corrected chi connectivity index (χ3v) is 3.92. The van der Waals surface area contributed by atoms with E-state index in [1.807, 2.05) is 23.9 Å². The molecule has 1 aromatic rings. The summed E-state index contributed by atoms with van der Waals surface area (Å²) in [5.74, 6) is 1.80. The molecule has 0 bridgehead atoms. The van der Waals surface area contributed by atoms with Crippen molar-refractivity contribution in [1.29, 1.82) is 0 Å². The molecule has 0 aliphatic carbocycles. The Morgan fingerprint density at radius 1 is 1.47 bits per heavy atom. The molecule has 0 amide bonds. The maximum atomic E-state index is 8.86. The summed E-state index contributed by atoms with van der Waals surface area (Å²) in [6.45, 7) is 2.92. The first-order chi connectivity index (χ1) is 8.21. The van der Waals surface area contributed by atoms with Crippen molar-refractivity contribution in [3.8, 4) is 5.75 Å². The van der Waals surface area contributed by atoms with Gasteiger partial charge in [-0.2, -0.15) is 11.8 Å². The van der Waals surface area contributed by atoms with Crippen LogP contribution >= 0.6 is 11.8 Å². The molecule has 0 fully saturated rings. The van der Waals surface area contributed by atoms with Crippen LogP contribution in [-0.2, 0) is 12.3 Å². The lowest BCUT2D eigenvalue weighted by Crippen LogP contribution is -2.02. The number of rotatable bonds is 7. The van der Waals surface area contributed by atoms with E-state index in [2.05, 4.69) is 13.0 Å². The average Bonchev–Trinajstić information content (AvgIpc) is 2.36. The van der Waals surface area contributed by atoms with Gasteiger partial charge in [-0.3, -0.25) is 0 Å². The molecule has 0 spiro atoms. The molecule has 4 heteroatoms. The fourth-order valence-electron chi connectivity index (χ4n) is 1.57. The smallest absolute Gasteiger partial charge is 0.122 e. The van der Waals surface area contributed by atoms with Crippen molar-refractivity contribution in [3.05, 3.63) is 29.3 Å². The second-order valence-corrected chi connectivity index (χ2v) is 5.41. The monoisotopic (exact) mass is 255 g/mol. The second kappa shape index (κ2) is 7.58. The minimum atomic E-state index is 0.244. The van der Waals surface area contributed by atoms with Crippen molar-refractivity contribution >= 4 is 11.8 Å². The first kappa shape index (κ1) is 14.4. The normalized spacial score (nSPS) is 12.5. The molecule has 1 atom stereocenters. The summed E-state index contributed by atoms with van der Waals surface area (Å²) in [6.07, 6.45) is 0.823. The molecule has 0 saturated heterocycles. The van der Waals surface area contributed by atoms with E-state index in [0.717, 1.165) is 23.5 Å². The maximum Gasteiger partial charge on any atom is 0.122 e. The fourth-order valence-corrected chi connectivity index (χ4v) is 2.53. The van der Waals surface area contributed by atoms with E-state index in [1.54, 1.807) is 7.11 Å². The van der Waals surface area contributed by atoms with Gasteiger partial charge >= 0.3 is 0 Å². The van der Waals surface area contributed by atoms with Crippen LogP contribution in [0.1, 0.15) is 24.5 Å². The van der Waals surface area contributed by atoms with E-state index < -0.39 is 0 Å². The van der Waals surface area contributed by atoms with Crippen LogP contribution in [0.5, 0.6) is 5.75 Å². The van der Waals surface area contributed by atoms with Gasteiger partial charge in [0.15, 0.2) is 0 Å². The highest BCUT2D eigenvalue weighted by Gasteiger charge is 2.07. The summed E-state index contributed by atoms with van der Waals surface area (Å²) >= 11 is 1.82. The molecule has 1 unspecified atom stereocenters. The van der Waals surface area contributed by atoms with Crippen molar-refractivity contribution in [2.75, 3.05) is 13.7 Å². The largest absolute Gasteiger partial charge is 0.496 e. The lowest BCUT2D eigenvalue weighted by molar-refractivity contribution is 0.289. The number of aliphatic hydroxyl groups is 1. The predicted molar refractivity (Wildman–Crippen MR) is 73.3 cm³/mol. The quantitative estimate of drug-likeness (QED) is 0.784. The van der Waals surface area contributed by atoms with Crippen molar-refractivity contribution in [3.63, 3.8) is 0 Å². The lowest BCUT2D eigenvalue weighted by Gasteiger charge is -2.13. The van der Waals surface area contributed by atoms with Gasteiger partial charge in [-0.15, -0.1) is 0 Å². The molecule has 3 N–H and O–H groups in total. The highest BCUT2D eigenvalue weighted by atomic mass is 32.2. The van der Waals surface area contributed by atoms with Crippen LogP contribution < -0.4 is 10.5 Å². The van der Waals surface area contributed by atoms with Crippen molar-refractivity contribution in [2.24, 2.45) is 5.73 Å². The molecule has 1 rings (SSSR count). The van der Waals surface area contributed by atoms with E-state index >= 15 is 0 Å². The zero-order valence-corrected chi connectivity index (χ0v) is 11.3. The van der Waals surface area contributed by atoms with Gasteiger partial charge in [-0.05, 0) is 24.1 Å². The number of nitrogens with two attached hydrogens (primary N) is 1. The average molecular weight is 255 g/mol. The molecular formula is C13H21NO2S.